The summed E-state index contributed by atoms with van der Waals surface area (Å²) in [5.41, 5.74) is 1.93. The van der Waals surface area contributed by atoms with Crippen LogP contribution in [0.15, 0.2) is 42.5 Å². The molecule has 1 N–H and O–H groups in total. The average Bonchev–Trinajstić information content (AvgIpc) is 3.32. The van der Waals surface area contributed by atoms with E-state index >= 15 is 4.39 Å². The van der Waals surface area contributed by atoms with Crippen LogP contribution in [0.25, 0.3) is 0 Å². The number of nitrogens with one attached hydrogen (secondary N) is 1. The van der Waals surface area contributed by atoms with E-state index in [0.717, 1.165) is 23.3 Å². The molecular formula is C29H33F2N3O5S. The molecule has 5 rings (SSSR count). The van der Waals surface area contributed by atoms with Crippen LogP contribution in [0.2, 0.25) is 0 Å². The Labute approximate surface area is 232 Å². The SMILES string of the molecule is CC(C)C[C@@H]1C(=O)N[C@H](C2Cc3ccccc3C2)C(=O)N1[C@@H](C(=O)N1CCS(=O)(=O)CC1)c1ccc(F)cc1F. The first kappa shape index (κ1) is 28.2. The molecule has 0 saturated carbocycles. The van der Waals surface area contributed by atoms with Crippen molar-refractivity contribution in [2.75, 3.05) is 24.6 Å². The van der Waals surface area contributed by atoms with Crippen molar-refractivity contribution in [1.29, 1.82) is 0 Å². The summed E-state index contributed by atoms with van der Waals surface area (Å²) in [6, 6.07) is 7.00. The smallest absolute Gasteiger partial charge is 0.250 e. The van der Waals surface area contributed by atoms with Crippen LogP contribution in [0, 0.1) is 23.5 Å². The number of halogens is 2. The zero-order chi connectivity index (χ0) is 28.8. The Morgan fingerprint density at radius 1 is 1.02 bits per heavy atom. The number of carbonyl (C=O) groups excluding carboxylic acids is 3. The van der Waals surface area contributed by atoms with Crippen LogP contribution >= 0.6 is 0 Å². The number of amides is 3. The molecule has 40 heavy (non-hydrogen) atoms. The Bertz CT molecular complexity index is 1410. The molecule has 3 atom stereocenters. The fourth-order valence-electron chi connectivity index (χ4n) is 6.10. The molecule has 0 spiro atoms. The van der Waals surface area contributed by atoms with Gasteiger partial charge in [0.05, 0.1) is 11.5 Å². The summed E-state index contributed by atoms with van der Waals surface area (Å²) in [5.74, 6) is -4.32. The molecule has 2 saturated heterocycles. The minimum absolute atomic E-state index is 0.0488. The van der Waals surface area contributed by atoms with Crippen molar-refractivity contribution in [1.82, 2.24) is 15.1 Å². The van der Waals surface area contributed by atoms with Crippen molar-refractivity contribution in [3.05, 3.63) is 70.8 Å². The maximum Gasteiger partial charge on any atom is 0.250 e. The molecular weight excluding hydrogens is 540 g/mol. The fraction of sp³-hybridized carbons (Fsp3) is 0.483. The molecule has 3 amide bonds. The van der Waals surface area contributed by atoms with Crippen LogP contribution in [-0.4, -0.2) is 72.6 Å². The van der Waals surface area contributed by atoms with Crippen molar-refractivity contribution in [2.45, 2.75) is 51.2 Å². The third-order valence-electron chi connectivity index (χ3n) is 8.13. The van der Waals surface area contributed by atoms with Crippen LogP contribution in [0.4, 0.5) is 8.78 Å². The van der Waals surface area contributed by atoms with E-state index in [0.29, 0.717) is 18.9 Å². The highest BCUT2D eigenvalue weighted by Gasteiger charge is 2.50. The lowest BCUT2D eigenvalue weighted by Gasteiger charge is -2.46. The van der Waals surface area contributed by atoms with E-state index in [2.05, 4.69) is 5.32 Å². The van der Waals surface area contributed by atoms with Gasteiger partial charge in [0.15, 0.2) is 9.84 Å². The molecule has 2 fully saturated rings. The van der Waals surface area contributed by atoms with Crippen molar-refractivity contribution < 1.29 is 31.6 Å². The van der Waals surface area contributed by atoms with E-state index in [1.54, 1.807) is 0 Å². The predicted molar refractivity (Wildman–Crippen MR) is 144 cm³/mol. The number of hydrogen-bond acceptors (Lipinski definition) is 5. The summed E-state index contributed by atoms with van der Waals surface area (Å²) in [4.78, 5) is 44.5. The van der Waals surface area contributed by atoms with E-state index < -0.39 is 57.3 Å². The number of benzene rings is 2. The largest absolute Gasteiger partial charge is 0.342 e. The summed E-state index contributed by atoms with van der Waals surface area (Å²) in [6.07, 6.45) is 1.34. The van der Waals surface area contributed by atoms with Crippen molar-refractivity contribution in [3.8, 4) is 0 Å². The number of nitrogens with zero attached hydrogens (tertiary/aromatic N) is 2. The quantitative estimate of drug-likeness (QED) is 0.572. The van der Waals surface area contributed by atoms with E-state index in [4.69, 9.17) is 0 Å². The molecule has 1 aliphatic carbocycles. The third kappa shape index (κ3) is 5.48. The topological polar surface area (TPSA) is 104 Å². The molecule has 0 radical (unpaired) electrons. The lowest BCUT2D eigenvalue weighted by atomic mass is 9.87. The number of piperazine rings is 1. The minimum atomic E-state index is -3.33. The molecule has 0 aromatic heterocycles. The molecule has 2 aromatic rings. The van der Waals surface area contributed by atoms with Gasteiger partial charge in [-0.3, -0.25) is 14.4 Å². The molecule has 3 aliphatic rings. The van der Waals surface area contributed by atoms with Gasteiger partial charge in [0, 0.05) is 24.7 Å². The third-order valence-corrected chi connectivity index (χ3v) is 9.74. The maximum atomic E-state index is 15.4. The highest BCUT2D eigenvalue weighted by molar-refractivity contribution is 7.91. The first-order valence-electron chi connectivity index (χ1n) is 13.6. The lowest BCUT2D eigenvalue weighted by molar-refractivity contribution is -0.160. The Morgan fingerprint density at radius 3 is 2.23 bits per heavy atom. The zero-order valence-electron chi connectivity index (χ0n) is 22.5. The van der Waals surface area contributed by atoms with Gasteiger partial charge in [0.1, 0.15) is 29.8 Å². The molecule has 0 unspecified atom stereocenters. The van der Waals surface area contributed by atoms with Crippen LogP contribution in [0.3, 0.4) is 0 Å². The number of rotatable bonds is 6. The van der Waals surface area contributed by atoms with E-state index in [1.807, 2.05) is 38.1 Å². The lowest BCUT2D eigenvalue weighted by Crippen LogP contribution is -2.67. The highest BCUT2D eigenvalue weighted by Crippen LogP contribution is 2.37. The second-order valence-corrected chi connectivity index (χ2v) is 13.7. The predicted octanol–water partition coefficient (Wildman–Crippen LogP) is 2.42. The average molecular weight is 574 g/mol. The first-order valence-corrected chi connectivity index (χ1v) is 15.4. The molecule has 2 aliphatic heterocycles. The maximum absolute atomic E-state index is 15.4. The molecule has 2 aromatic carbocycles. The molecule has 0 bridgehead atoms. The van der Waals surface area contributed by atoms with Gasteiger partial charge in [-0.1, -0.05) is 44.2 Å². The second kappa shape index (κ2) is 10.9. The molecule has 11 heteroatoms. The monoisotopic (exact) mass is 573 g/mol. The molecule has 2 heterocycles. The van der Waals surface area contributed by atoms with Crippen molar-refractivity contribution in [3.63, 3.8) is 0 Å². The van der Waals surface area contributed by atoms with Gasteiger partial charge in [-0.2, -0.15) is 0 Å². The summed E-state index contributed by atoms with van der Waals surface area (Å²) in [7, 11) is -3.33. The van der Waals surface area contributed by atoms with Gasteiger partial charge in [-0.05, 0) is 48.3 Å². The van der Waals surface area contributed by atoms with Crippen molar-refractivity contribution in [2.24, 2.45) is 11.8 Å². The van der Waals surface area contributed by atoms with Gasteiger partial charge in [-0.15, -0.1) is 0 Å². The van der Waals surface area contributed by atoms with Crippen LogP contribution < -0.4 is 5.32 Å². The normalized spacial score (nSPS) is 23.7. The number of hydrogen-bond donors (Lipinski definition) is 1. The summed E-state index contributed by atoms with van der Waals surface area (Å²) < 4.78 is 53.4. The van der Waals surface area contributed by atoms with Crippen molar-refractivity contribution >= 4 is 27.6 Å². The van der Waals surface area contributed by atoms with E-state index in [1.165, 1.54) is 9.80 Å². The van der Waals surface area contributed by atoms with Gasteiger partial charge >= 0.3 is 0 Å². The molecule has 214 valence electrons. The zero-order valence-corrected chi connectivity index (χ0v) is 23.3. The van der Waals surface area contributed by atoms with Gasteiger partial charge in [-0.25, -0.2) is 17.2 Å². The summed E-state index contributed by atoms with van der Waals surface area (Å²) in [5, 5.41) is 2.90. The second-order valence-electron chi connectivity index (χ2n) is 11.4. The first-order chi connectivity index (χ1) is 18.9. The van der Waals surface area contributed by atoms with E-state index in [9.17, 15) is 27.2 Å². The Morgan fingerprint density at radius 2 is 1.65 bits per heavy atom. The molecule has 8 nitrogen and oxygen atoms in total. The Balaban J connectivity index is 1.57. The van der Waals surface area contributed by atoms with Gasteiger partial charge in [0.2, 0.25) is 17.7 Å². The fourth-order valence-corrected chi connectivity index (χ4v) is 7.31. The standard InChI is InChI=1S/C29H33F2N3O5S/c1-17(2)13-24-27(35)32-25(20-14-18-5-3-4-6-19(18)15-20)28(36)34(24)26(22-8-7-21(30)16-23(22)31)29(37)33-9-11-40(38,39)12-10-33/h3-8,16-17,20,24-26H,9-15H2,1-2H3,(H,32,35)/t24-,25-,26-/m1/s1. The van der Waals surface area contributed by atoms with E-state index in [-0.39, 0.29) is 48.4 Å². The number of fused-ring (bicyclic) bond motifs is 1. The number of carbonyl (C=O) groups is 3. The number of sulfone groups is 1. The summed E-state index contributed by atoms with van der Waals surface area (Å²) >= 11 is 0. The van der Waals surface area contributed by atoms with Crippen LogP contribution in [0.5, 0.6) is 0 Å². The highest BCUT2D eigenvalue weighted by atomic mass is 32.2. The Kier molecular flexibility index (Phi) is 7.69. The Hall–Kier alpha value is -3.34. The van der Waals surface area contributed by atoms with Gasteiger partial charge in [0.25, 0.3) is 0 Å². The van der Waals surface area contributed by atoms with Gasteiger partial charge < -0.3 is 15.1 Å². The van der Waals surface area contributed by atoms with Crippen LogP contribution in [-0.2, 0) is 37.1 Å². The minimum Gasteiger partial charge on any atom is -0.342 e. The summed E-state index contributed by atoms with van der Waals surface area (Å²) in [6.45, 7) is 3.51. The van der Waals surface area contributed by atoms with Crippen LogP contribution in [0.1, 0.15) is 43.0 Å².